The second kappa shape index (κ2) is 6.33. The number of aryl methyl sites for hydroxylation is 1. The predicted octanol–water partition coefficient (Wildman–Crippen LogP) is 6.11. The van der Waals surface area contributed by atoms with Crippen molar-refractivity contribution < 1.29 is 0 Å². The summed E-state index contributed by atoms with van der Waals surface area (Å²) in [5, 5.41) is 7.53. The molecule has 5 atom stereocenters. The average molecular weight is 347 g/mol. The zero-order valence-corrected chi connectivity index (χ0v) is 16.0. The third kappa shape index (κ3) is 2.53. The van der Waals surface area contributed by atoms with E-state index >= 15 is 0 Å². The smallest absolute Gasteiger partial charge is 0.0550 e. The molecular weight excluding hydrogens is 316 g/mol. The highest BCUT2D eigenvalue weighted by Crippen LogP contribution is 2.63. The number of rotatable bonds is 4. The third-order valence-electron chi connectivity index (χ3n) is 7.10. The molecule has 26 heavy (non-hydrogen) atoms. The second-order valence-electron chi connectivity index (χ2n) is 8.70. The predicted molar refractivity (Wildman–Crippen MR) is 110 cm³/mol. The number of benzene rings is 2. The molecule has 2 fully saturated rings. The lowest BCUT2D eigenvalue weighted by Crippen LogP contribution is -2.35. The largest absolute Gasteiger partial charge is 0.385 e. The summed E-state index contributed by atoms with van der Waals surface area (Å²) in [5.74, 6) is 3.27. The van der Waals surface area contributed by atoms with Crippen molar-refractivity contribution >= 4 is 11.4 Å². The van der Waals surface area contributed by atoms with E-state index in [1.54, 1.807) is 5.56 Å². The number of hydrogen-bond donors (Lipinski definition) is 2. The number of nitrogens with one attached hydrogen (secondary N) is 2. The zero-order valence-electron chi connectivity index (χ0n) is 16.0. The molecule has 3 aliphatic rings. The van der Waals surface area contributed by atoms with Crippen LogP contribution >= 0.6 is 0 Å². The minimum absolute atomic E-state index is 0.470. The van der Waals surface area contributed by atoms with E-state index in [1.165, 1.54) is 48.2 Å². The molecule has 2 nitrogen and oxygen atoms in total. The Morgan fingerprint density at radius 1 is 1.04 bits per heavy atom. The minimum atomic E-state index is 0.470. The van der Waals surface area contributed by atoms with Crippen LogP contribution in [0.2, 0.25) is 0 Å². The zero-order chi connectivity index (χ0) is 17.7. The van der Waals surface area contributed by atoms with Crippen LogP contribution in [0.5, 0.6) is 0 Å². The highest BCUT2D eigenvalue weighted by atomic mass is 15.0. The Labute approximate surface area is 157 Å². The summed E-state index contributed by atoms with van der Waals surface area (Å²) < 4.78 is 0. The molecule has 0 aromatic heterocycles. The first-order valence-electron chi connectivity index (χ1n) is 10.5. The van der Waals surface area contributed by atoms with Crippen LogP contribution in [0.1, 0.15) is 61.3 Å². The van der Waals surface area contributed by atoms with Gasteiger partial charge in [-0.1, -0.05) is 36.8 Å². The Morgan fingerprint density at radius 3 is 2.65 bits per heavy atom. The minimum Gasteiger partial charge on any atom is -0.385 e. The molecule has 0 saturated heterocycles. The van der Waals surface area contributed by atoms with Crippen molar-refractivity contribution in [3.8, 4) is 0 Å². The van der Waals surface area contributed by atoms with Gasteiger partial charge in [-0.05, 0) is 85.6 Å². The third-order valence-corrected chi connectivity index (χ3v) is 7.10. The normalized spacial score (nSPS) is 31.2. The molecule has 5 unspecified atom stereocenters. The van der Waals surface area contributed by atoms with E-state index in [0.717, 1.165) is 30.2 Å². The summed E-state index contributed by atoms with van der Waals surface area (Å²) in [6.45, 7) is 5.46. The van der Waals surface area contributed by atoms with Gasteiger partial charge in [-0.15, -0.1) is 0 Å². The number of fused-ring (bicyclic) bond motifs is 7. The van der Waals surface area contributed by atoms with Crippen LogP contribution in [0.3, 0.4) is 0 Å². The molecule has 1 aliphatic heterocycles. The van der Waals surface area contributed by atoms with Gasteiger partial charge >= 0.3 is 0 Å². The van der Waals surface area contributed by atoms with Gasteiger partial charge in [0.05, 0.1) is 6.04 Å². The van der Waals surface area contributed by atoms with Crippen molar-refractivity contribution in [3.63, 3.8) is 0 Å². The van der Waals surface area contributed by atoms with Crippen LogP contribution in [0.25, 0.3) is 0 Å². The summed E-state index contributed by atoms with van der Waals surface area (Å²) in [4.78, 5) is 0. The summed E-state index contributed by atoms with van der Waals surface area (Å²) in [5.41, 5.74) is 7.05. The van der Waals surface area contributed by atoms with Crippen molar-refractivity contribution in [1.29, 1.82) is 0 Å². The molecule has 0 spiro atoms. The van der Waals surface area contributed by atoms with Gasteiger partial charge < -0.3 is 10.6 Å². The lowest BCUT2D eigenvalue weighted by molar-refractivity contribution is 0.247. The summed E-state index contributed by atoms with van der Waals surface area (Å²) in [6, 6.07) is 16.7. The molecule has 0 radical (unpaired) electrons. The summed E-state index contributed by atoms with van der Waals surface area (Å²) >= 11 is 0. The van der Waals surface area contributed by atoms with E-state index in [4.69, 9.17) is 0 Å². The molecule has 2 aromatic rings. The van der Waals surface area contributed by atoms with Crippen molar-refractivity contribution in [3.05, 3.63) is 59.2 Å². The van der Waals surface area contributed by atoms with Crippen molar-refractivity contribution in [2.24, 2.45) is 17.8 Å². The van der Waals surface area contributed by atoms with Gasteiger partial charge in [0.15, 0.2) is 0 Å². The lowest BCUT2D eigenvalue weighted by atomic mass is 9.68. The molecule has 2 bridgehead atoms. The molecule has 2 saturated carbocycles. The Hall–Kier alpha value is -1.96. The van der Waals surface area contributed by atoms with Crippen LogP contribution in [0.4, 0.5) is 11.4 Å². The molecule has 2 aliphatic carbocycles. The van der Waals surface area contributed by atoms with Gasteiger partial charge in [-0.2, -0.15) is 0 Å². The average Bonchev–Trinajstić information content (AvgIpc) is 3.29. The van der Waals surface area contributed by atoms with E-state index < -0.39 is 0 Å². The first kappa shape index (κ1) is 16.2. The van der Waals surface area contributed by atoms with Gasteiger partial charge in [0.2, 0.25) is 0 Å². The Balaban J connectivity index is 1.55. The maximum Gasteiger partial charge on any atom is 0.0550 e. The summed E-state index contributed by atoms with van der Waals surface area (Å²) in [7, 11) is 0. The fraction of sp³-hybridized carbons (Fsp3) is 0.500. The van der Waals surface area contributed by atoms with Gasteiger partial charge in [0.1, 0.15) is 0 Å². The fourth-order valence-corrected chi connectivity index (χ4v) is 5.97. The highest BCUT2D eigenvalue weighted by Gasteiger charge is 2.53. The Bertz CT molecular complexity index is 794. The molecule has 2 aromatic carbocycles. The van der Waals surface area contributed by atoms with E-state index in [2.05, 4.69) is 66.9 Å². The number of anilines is 2. The van der Waals surface area contributed by atoms with E-state index in [0.29, 0.717) is 6.04 Å². The van der Waals surface area contributed by atoms with Crippen molar-refractivity contribution in [2.75, 3.05) is 17.2 Å². The van der Waals surface area contributed by atoms with Crippen LogP contribution in [0, 0.1) is 24.7 Å². The summed E-state index contributed by atoms with van der Waals surface area (Å²) in [6.07, 6.45) is 5.46. The van der Waals surface area contributed by atoms with Crippen LogP contribution in [-0.2, 0) is 0 Å². The van der Waals surface area contributed by atoms with Gasteiger partial charge in [-0.3, -0.25) is 0 Å². The molecule has 2 N–H and O–H groups in total. The van der Waals surface area contributed by atoms with Gasteiger partial charge in [0.25, 0.3) is 0 Å². The van der Waals surface area contributed by atoms with E-state index in [-0.39, 0.29) is 0 Å². The lowest BCUT2D eigenvalue weighted by Gasteiger charge is -2.43. The van der Waals surface area contributed by atoms with Crippen LogP contribution < -0.4 is 10.6 Å². The maximum absolute atomic E-state index is 3.94. The molecule has 136 valence electrons. The first-order valence-corrected chi connectivity index (χ1v) is 10.5. The van der Waals surface area contributed by atoms with Gasteiger partial charge in [0, 0.05) is 17.9 Å². The van der Waals surface area contributed by atoms with Crippen LogP contribution in [-0.4, -0.2) is 6.54 Å². The van der Waals surface area contributed by atoms with Crippen molar-refractivity contribution in [2.45, 2.75) is 51.5 Å². The second-order valence-corrected chi connectivity index (χ2v) is 8.70. The maximum atomic E-state index is 3.94. The Kier molecular flexibility index (Phi) is 3.95. The SMILES string of the molecule is CCCNc1ccc2c(c1)C1C3CCC(C3)C1C(c1ccc(C)cc1)N2. The molecule has 2 heteroatoms. The molecular formula is C24H30N2. The first-order chi connectivity index (χ1) is 12.7. The highest BCUT2D eigenvalue weighted by molar-refractivity contribution is 5.64. The van der Waals surface area contributed by atoms with Crippen molar-refractivity contribution in [1.82, 2.24) is 0 Å². The van der Waals surface area contributed by atoms with Crippen LogP contribution in [0.15, 0.2) is 42.5 Å². The standard InChI is InChI=1S/C24H30N2/c1-3-12-25-19-10-11-21-20(14-19)22-17-8-9-18(13-17)23(22)24(26-21)16-6-4-15(2)5-7-16/h4-7,10-11,14,17-18,22-26H,3,8-9,12-13H2,1-2H3. The van der Waals surface area contributed by atoms with Gasteiger partial charge in [-0.25, -0.2) is 0 Å². The molecule has 5 rings (SSSR count). The number of hydrogen-bond acceptors (Lipinski definition) is 2. The molecule has 0 amide bonds. The topological polar surface area (TPSA) is 24.1 Å². The molecule has 1 heterocycles. The Morgan fingerprint density at radius 2 is 1.85 bits per heavy atom. The monoisotopic (exact) mass is 346 g/mol. The van der Waals surface area contributed by atoms with E-state index in [1.807, 2.05) is 0 Å². The quantitative estimate of drug-likeness (QED) is 0.697. The van der Waals surface area contributed by atoms with E-state index in [9.17, 15) is 0 Å². The fourth-order valence-electron chi connectivity index (χ4n) is 5.97.